The number of hydrogen-bond donors (Lipinski definition) is 3. The lowest BCUT2D eigenvalue weighted by molar-refractivity contribution is -0.121. The van der Waals surface area contributed by atoms with Crippen LogP contribution in [0.5, 0.6) is 0 Å². The Hall–Kier alpha value is -0.0800. The van der Waals surface area contributed by atoms with Gasteiger partial charge >= 0.3 is 13.7 Å². The highest BCUT2D eigenvalue weighted by Crippen LogP contribution is 2.51. The lowest BCUT2D eigenvalue weighted by atomic mass is 10.3. The van der Waals surface area contributed by atoms with Crippen LogP contribution in [-0.2, 0) is 9.09 Å². The lowest BCUT2D eigenvalue weighted by Crippen LogP contribution is -2.54. The second-order valence-electron chi connectivity index (χ2n) is 3.75. The number of rotatable bonds is 6. The highest BCUT2D eigenvalue weighted by molar-refractivity contribution is 7.54. The van der Waals surface area contributed by atoms with Crippen molar-refractivity contribution in [3.8, 4) is 0 Å². The average molecular weight is 335 g/mol. The molecule has 0 aromatic rings. The van der Waals surface area contributed by atoms with Gasteiger partial charge in [-0.25, -0.2) is 9.88 Å². The molecule has 1 heterocycles. The van der Waals surface area contributed by atoms with Crippen molar-refractivity contribution in [1.29, 1.82) is 0 Å². The Morgan fingerprint density at radius 1 is 1.58 bits per heavy atom. The number of carbonyl (C=O) groups is 1. The molecule has 0 aliphatic carbocycles. The molecular formula is C8H17Cl2N4O4P. The van der Waals surface area contributed by atoms with Crippen LogP contribution in [0.25, 0.3) is 0 Å². The van der Waals surface area contributed by atoms with E-state index in [1.54, 1.807) is 0 Å². The van der Waals surface area contributed by atoms with Crippen LogP contribution in [0.1, 0.15) is 6.42 Å². The van der Waals surface area contributed by atoms with Crippen molar-refractivity contribution in [1.82, 2.24) is 14.8 Å². The van der Waals surface area contributed by atoms with E-state index in [4.69, 9.17) is 33.5 Å². The molecule has 1 rings (SSSR count). The third-order valence-electron chi connectivity index (χ3n) is 2.55. The molecule has 2 amide bonds. The molecule has 1 aliphatic rings. The van der Waals surface area contributed by atoms with Gasteiger partial charge in [0, 0.05) is 31.3 Å². The Morgan fingerprint density at radius 3 is 2.79 bits per heavy atom. The van der Waals surface area contributed by atoms with Crippen molar-refractivity contribution < 1.29 is 19.1 Å². The fourth-order valence-corrected chi connectivity index (χ4v) is 4.39. The molecule has 112 valence electrons. The van der Waals surface area contributed by atoms with Crippen LogP contribution in [0.4, 0.5) is 4.79 Å². The molecule has 0 spiro atoms. The molecule has 1 aliphatic heterocycles. The molecule has 0 aromatic carbocycles. The summed E-state index contributed by atoms with van der Waals surface area (Å²) >= 11 is 11.2. The van der Waals surface area contributed by atoms with E-state index < -0.39 is 19.9 Å². The predicted molar refractivity (Wildman–Crippen MR) is 71.3 cm³/mol. The third kappa shape index (κ3) is 4.19. The zero-order chi connectivity index (χ0) is 14.5. The van der Waals surface area contributed by atoms with Gasteiger partial charge in [-0.15, -0.1) is 23.2 Å². The summed E-state index contributed by atoms with van der Waals surface area (Å²) in [5.41, 5.74) is 5.02. The van der Waals surface area contributed by atoms with Gasteiger partial charge in [0.15, 0.2) is 0 Å². The Balaban J connectivity index is 2.92. The first kappa shape index (κ1) is 17.0. The summed E-state index contributed by atoms with van der Waals surface area (Å²) in [7, 11) is -3.40. The number of nitrogens with one attached hydrogen (secondary N) is 1. The summed E-state index contributed by atoms with van der Waals surface area (Å²) in [5.74, 6) is 0.393. The molecule has 19 heavy (non-hydrogen) atoms. The topological polar surface area (TPSA) is 108 Å². The van der Waals surface area contributed by atoms with Crippen molar-refractivity contribution >= 4 is 36.9 Å². The van der Waals surface area contributed by atoms with E-state index in [0.717, 1.165) is 0 Å². The first-order chi connectivity index (χ1) is 8.96. The van der Waals surface area contributed by atoms with Crippen molar-refractivity contribution in [3.63, 3.8) is 0 Å². The van der Waals surface area contributed by atoms with E-state index in [1.165, 1.54) is 4.67 Å². The fourth-order valence-electron chi connectivity index (χ4n) is 1.76. The minimum Gasteiger partial charge on any atom is -0.350 e. The molecule has 1 fully saturated rings. The first-order valence-corrected chi connectivity index (χ1v) is 8.27. The van der Waals surface area contributed by atoms with Gasteiger partial charge in [0.05, 0.1) is 6.61 Å². The van der Waals surface area contributed by atoms with Crippen LogP contribution in [0.3, 0.4) is 0 Å². The summed E-state index contributed by atoms with van der Waals surface area (Å²) in [6.07, 6.45) is -0.582. The summed E-state index contributed by atoms with van der Waals surface area (Å²) in [4.78, 5) is 11.0. The fraction of sp³-hybridized carbons (Fsp3) is 0.875. The summed E-state index contributed by atoms with van der Waals surface area (Å²) in [6.45, 7) is 0.524. The maximum Gasteiger partial charge on any atom is 0.345 e. The van der Waals surface area contributed by atoms with Crippen LogP contribution in [-0.4, -0.2) is 58.6 Å². The normalized spacial score (nSPS) is 28.3. The maximum atomic E-state index is 12.6. The summed E-state index contributed by atoms with van der Waals surface area (Å²) in [6, 6.07) is -1.03. The van der Waals surface area contributed by atoms with E-state index in [1.807, 2.05) is 0 Å². The zero-order valence-electron chi connectivity index (χ0n) is 10.2. The number of hydroxylamine groups is 2. The molecule has 8 nitrogen and oxygen atoms in total. The second kappa shape index (κ2) is 7.64. The van der Waals surface area contributed by atoms with Crippen molar-refractivity contribution in [2.75, 3.05) is 31.5 Å². The Bertz CT molecular complexity index is 362. The summed E-state index contributed by atoms with van der Waals surface area (Å²) < 4.78 is 19.2. The molecule has 0 aromatic heterocycles. The minimum absolute atomic E-state index is 0.111. The van der Waals surface area contributed by atoms with E-state index in [9.17, 15) is 14.6 Å². The number of nitrogens with zero attached hydrogens (tertiary/aromatic N) is 2. The molecule has 0 bridgehead atoms. The quantitative estimate of drug-likeness (QED) is 0.289. The van der Waals surface area contributed by atoms with Crippen LogP contribution in [0.2, 0.25) is 0 Å². The smallest absolute Gasteiger partial charge is 0.345 e. The number of primary amides is 1. The first-order valence-electron chi connectivity index (χ1n) is 5.62. The van der Waals surface area contributed by atoms with Gasteiger partial charge in [0.2, 0.25) is 0 Å². The van der Waals surface area contributed by atoms with E-state index in [2.05, 4.69) is 5.09 Å². The van der Waals surface area contributed by atoms with Gasteiger partial charge in [-0.3, -0.25) is 9.77 Å². The van der Waals surface area contributed by atoms with Gasteiger partial charge in [-0.2, -0.15) is 9.73 Å². The molecule has 0 saturated carbocycles. The number of alkyl halides is 2. The molecule has 2 atom stereocenters. The van der Waals surface area contributed by atoms with Crippen LogP contribution in [0, 0.1) is 0 Å². The number of carbonyl (C=O) groups excluding carboxylic acids is 1. The molecule has 1 saturated heterocycles. The lowest BCUT2D eigenvalue weighted by Gasteiger charge is -2.42. The Morgan fingerprint density at radius 2 is 2.26 bits per heavy atom. The maximum absolute atomic E-state index is 12.6. The highest BCUT2D eigenvalue weighted by atomic mass is 35.5. The minimum atomic E-state index is -3.40. The molecule has 11 heteroatoms. The number of nitrogens with two attached hydrogens (primary N) is 1. The van der Waals surface area contributed by atoms with Crippen molar-refractivity contribution in [3.05, 3.63) is 0 Å². The molecule has 4 N–H and O–H groups in total. The Labute approximate surface area is 121 Å². The molecular weight excluding hydrogens is 318 g/mol. The largest absolute Gasteiger partial charge is 0.350 e. The van der Waals surface area contributed by atoms with Crippen LogP contribution < -0.4 is 10.8 Å². The van der Waals surface area contributed by atoms with Gasteiger partial charge < -0.3 is 10.3 Å². The standard InChI is InChI=1S/C8H17Cl2N4O4P/c9-2-4-12-19(17)13(5-3-10)7(1-6-18-19)14(16)8(11)15/h7,16H,1-6H2,(H2,11,15)(H,12,17). The van der Waals surface area contributed by atoms with Crippen LogP contribution in [0.15, 0.2) is 0 Å². The highest BCUT2D eigenvalue weighted by Gasteiger charge is 2.43. The average Bonchev–Trinajstić information content (AvgIpc) is 2.38. The number of hydrogen-bond acceptors (Lipinski definition) is 4. The van der Waals surface area contributed by atoms with Crippen molar-refractivity contribution in [2.24, 2.45) is 5.73 Å². The monoisotopic (exact) mass is 334 g/mol. The Kier molecular flexibility index (Phi) is 6.82. The van der Waals surface area contributed by atoms with Crippen LogP contribution >= 0.6 is 30.9 Å². The molecule has 0 radical (unpaired) electrons. The third-order valence-corrected chi connectivity index (χ3v) is 5.21. The number of halogens is 2. The molecule has 2 unspecified atom stereocenters. The van der Waals surface area contributed by atoms with E-state index in [-0.39, 0.29) is 37.9 Å². The van der Waals surface area contributed by atoms with Gasteiger partial charge in [0.1, 0.15) is 6.17 Å². The van der Waals surface area contributed by atoms with Gasteiger partial charge in [-0.1, -0.05) is 0 Å². The van der Waals surface area contributed by atoms with Crippen molar-refractivity contribution in [2.45, 2.75) is 12.6 Å². The van der Waals surface area contributed by atoms with Gasteiger partial charge in [0.25, 0.3) is 0 Å². The van der Waals surface area contributed by atoms with E-state index in [0.29, 0.717) is 5.06 Å². The predicted octanol–water partition coefficient (Wildman–Crippen LogP) is 0.980. The van der Waals surface area contributed by atoms with E-state index >= 15 is 0 Å². The number of amides is 2. The zero-order valence-corrected chi connectivity index (χ0v) is 12.6. The number of urea groups is 1. The summed E-state index contributed by atoms with van der Waals surface area (Å²) in [5, 5.41) is 12.7. The SMILES string of the molecule is NC(=O)N(O)C1CCOP(=O)(NCCCl)N1CCCl. The second-order valence-corrected chi connectivity index (χ2v) is 6.64. The van der Waals surface area contributed by atoms with Gasteiger partial charge in [-0.05, 0) is 0 Å².